The average molecular weight is 292 g/mol. The van der Waals surface area contributed by atoms with Gasteiger partial charge in [0.25, 0.3) is 0 Å². The number of amides is 2. The van der Waals surface area contributed by atoms with Gasteiger partial charge in [0.15, 0.2) is 0 Å². The van der Waals surface area contributed by atoms with Gasteiger partial charge in [0.1, 0.15) is 6.04 Å². The number of rotatable bonds is 4. The van der Waals surface area contributed by atoms with Crippen LogP contribution in [0.2, 0.25) is 0 Å². The van der Waals surface area contributed by atoms with Gasteiger partial charge in [-0.15, -0.1) is 0 Å². The normalized spacial score (nSPS) is 25.6. The van der Waals surface area contributed by atoms with Crippen LogP contribution in [0.1, 0.15) is 32.1 Å². The minimum Gasteiger partial charge on any atom is -0.376 e. The Bertz CT molecular complexity index is 522. The Morgan fingerprint density at radius 2 is 2.38 bits per heavy atom. The molecule has 2 fully saturated rings. The van der Waals surface area contributed by atoms with Crippen molar-refractivity contribution in [2.24, 2.45) is 0 Å². The number of ether oxygens (including phenoxy) is 1. The molecule has 0 aromatic carbocycles. The molecule has 1 aromatic heterocycles. The van der Waals surface area contributed by atoms with E-state index in [4.69, 9.17) is 4.74 Å². The lowest BCUT2D eigenvalue weighted by atomic mass is 10.1. The first-order valence-corrected chi connectivity index (χ1v) is 7.45. The molecule has 0 saturated carbocycles. The summed E-state index contributed by atoms with van der Waals surface area (Å²) >= 11 is 0. The lowest BCUT2D eigenvalue weighted by Crippen LogP contribution is -2.37. The molecular formula is C14H20N4O3. The topological polar surface area (TPSA) is 85.2 Å². The molecule has 7 heteroatoms. The van der Waals surface area contributed by atoms with Crippen molar-refractivity contribution in [3.63, 3.8) is 0 Å². The molecule has 2 aliphatic heterocycles. The molecule has 2 aliphatic rings. The van der Waals surface area contributed by atoms with Crippen molar-refractivity contribution in [2.45, 2.75) is 50.8 Å². The first kappa shape index (κ1) is 14.1. The molecule has 21 heavy (non-hydrogen) atoms. The highest BCUT2D eigenvalue weighted by Gasteiger charge is 2.27. The lowest BCUT2D eigenvalue weighted by Gasteiger charge is -2.22. The van der Waals surface area contributed by atoms with Crippen molar-refractivity contribution in [1.29, 1.82) is 0 Å². The SMILES string of the molecule is O=C1CC[C@@H](C(=O)Nc2cnn(C[C@H]3CCCCO3)c2)N1. The van der Waals surface area contributed by atoms with E-state index in [1.54, 1.807) is 17.1 Å². The zero-order valence-corrected chi connectivity index (χ0v) is 11.9. The van der Waals surface area contributed by atoms with Gasteiger partial charge in [-0.3, -0.25) is 14.3 Å². The maximum Gasteiger partial charge on any atom is 0.247 e. The van der Waals surface area contributed by atoms with E-state index in [0.717, 1.165) is 19.4 Å². The van der Waals surface area contributed by atoms with E-state index in [0.29, 0.717) is 25.1 Å². The van der Waals surface area contributed by atoms with Crippen LogP contribution in [0.4, 0.5) is 5.69 Å². The van der Waals surface area contributed by atoms with Crippen LogP contribution in [0.3, 0.4) is 0 Å². The van der Waals surface area contributed by atoms with Gasteiger partial charge in [-0.2, -0.15) is 5.10 Å². The predicted molar refractivity (Wildman–Crippen MR) is 75.6 cm³/mol. The third-order valence-electron chi connectivity index (χ3n) is 3.88. The molecule has 3 rings (SSSR count). The number of hydrogen-bond acceptors (Lipinski definition) is 4. The third kappa shape index (κ3) is 3.60. The summed E-state index contributed by atoms with van der Waals surface area (Å²) in [6, 6.07) is -0.428. The summed E-state index contributed by atoms with van der Waals surface area (Å²) in [5.41, 5.74) is 0.650. The monoisotopic (exact) mass is 292 g/mol. The van der Waals surface area contributed by atoms with Gasteiger partial charge >= 0.3 is 0 Å². The highest BCUT2D eigenvalue weighted by atomic mass is 16.5. The van der Waals surface area contributed by atoms with Crippen molar-refractivity contribution in [3.8, 4) is 0 Å². The molecule has 2 saturated heterocycles. The fraction of sp³-hybridized carbons (Fsp3) is 0.643. The molecule has 2 amide bonds. The molecule has 0 radical (unpaired) electrons. The smallest absolute Gasteiger partial charge is 0.247 e. The number of anilines is 1. The van der Waals surface area contributed by atoms with Gasteiger partial charge in [-0.25, -0.2) is 0 Å². The summed E-state index contributed by atoms with van der Waals surface area (Å²) in [6.07, 6.45) is 7.96. The van der Waals surface area contributed by atoms with Gasteiger partial charge in [-0.1, -0.05) is 0 Å². The zero-order chi connectivity index (χ0) is 14.7. The summed E-state index contributed by atoms with van der Waals surface area (Å²) in [5.74, 6) is -0.255. The minimum atomic E-state index is -0.428. The van der Waals surface area contributed by atoms with Crippen LogP contribution in [0.5, 0.6) is 0 Å². The molecular weight excluding hydrogens is 272 g/mol. The highest BCUT2D eigenvalue weighted by molar-refractivity contribution is 5.98. The zero-order valence-electron chi connectivity index (χ0n) is 11.9. The van der Waals surface area contributed by atoms with E-state index >= 15 is 0 Å². The van der Waals surface area contributed by atoms with Crippen LogP contribution >= 0.6 is 0 Å². The van der Waals surface area contributed by atoms with Gasteiger partial charge in [-0.05, 0) is 25.7 Å². The summed E-state index contributed by atoms with van der Waals surface area (Å²) in [5, 5.41) is 9.67. The van der Waals surface area contributed by atoms with E-state index < -0.39 is 6.04 Å². The van der Waals surface area contributed by atoms with Gasteiger partial charge in [0.05, 0.1) is 24.5 Å². The largest absolute Gasteiger partial charge is 0.376 e. The van der Waals surface area contributed by atoms with E-state index in [-0.39, 0.29) is 17.9 Å². The molecule has 3 heterocycles. The summed E-state index contributed by atoms with van der Waals surface area (Å²) in [7, 11) is 0. The quantitative estimate of drug-likeness (QED) is 0.854. The van der Waals surface area contributed by atoms with Crippen LogP contribution in [-0.2, 0) is 20.9 Å². The van der Waals surface area contributed by atoms with Gasteiger partial charge < -0.3 is 15.4 Å². The molecule has 2 atom stereocenters. The van der Waals surface area contributed by atoms with E-state index in [9.17, 15) is 9.59 Å². The third-order valence-corrected chi connectivity index (χ3v) is 3.88. The molecule has 0 unspecified atom stereocenters. The molecule has 7 nitrogen and oxygen atoms in total. The molecule has 1 aromatic rings. The Balaban J connectivity index is 1.52. The maximum atomic E-state index is 12.0. The minimum absolute atomic E-state index is 0.0692. The molecule has 114 valence electrons. The van der Waals surface area contributed by atoms with Gasteiger partial charge in [0.2, 0.25) is 11.8 Å². The van der Waals surface area contributed by atoms with Crippen LogP contribution in [0, 0.1) is 0 Å². The Morgan fingerprint density at radius 1 is 1.48 bits per heavy atom. The number of nitrogens with one attached hydrogen (secondary N) is 2. The van der Waals surface area contributed by atoms with E-state index in [1.165, 1.54) is 6.42 Å². The lowest BCUT2D eigenvalue weighted by molar-refractivity contribution is -0.122. The Labute approximate surface area is 123 Å². The standard InChI is InChI=1S/C14H20N4O3/c19-13-5-4-12(17-13)14(20)16-10-7-15-18(8-10)9-11-3-1-2-6-21-11/h7-8,11-12H,1-6,9H2,(H,16,20)(H,17,19)/t11-,12+/m1/s1. The molecule has 0 bridgehead atoms. The van der Waals surface area contributed by atoms with Crippen LogP contribution in [0.15, 0.2) is 12.4 Å². The van der Waals surface area contributed by atoms with Crippen LogP contribution < -0.4 is 10.6 Å². The second-order valence-corrected chi connectivity index (χ2v) is 5.59. The summed E-state index contributed by atoms with van der Waals surface area (Å²) in [4.78, 5) is 23.1. The second kappa shape index (κ2) is 6.26. The summed E-state index contributed by atoms with van der Waals surface area (Å²) in [6.45, 7) is 1.52. The number of aromatic nitrogens is 2. The Morgan fingerprint density at radius 3 is 3.10 bits per heavy atom. The fourth-order valence-corrected chi connectivity index (χ4v) is 2.73. The van der Waals surface area contributed by atoms with Crippen LogP contribution in [0.25, 0.3) is 0 Å². The predicted octanol–water partition coefficient (Wildman–Crippen LogP) is 0.669. The van der Waals surface area contributed by atoms with Crippen molar-refractivity contribution in [2.75, 3.05) is 11.9 Å². The first-order valence-electron chi connectivity index (χ1n) is 7.45. The van der Waals surface area contributed by atoms with Crippen molar-refractivity contribution < 1.29 is 14.3 Å². The molecule has 2 N–H and O–H groups in total. The van der Waals surface area contributed by atoms with Crippen molar-refractivity contribution >= 4 is 17.5 Å². The Kier molecular flexibility index (Phi) is 4.19. The summed E-state index contributed by atoms with van der Waals surface area (Å²) < 4.78 is 7.46. The fourth-order valence-electron chi connectivity index (χ4n) is 2.73. The average Bonchev–Trinajstić information content (AvgIpc) is 3.09. The first-order chi connectivity index (χ1) is 10.2. The second-order valence-electron chi connectivity index (χ2n) is 5.59. The van der Waals surface area contributed by atoms with E-state index in [2.05, 4.69) is 15.7 Å². The van der Waals surface area contributed by atoms with Crippen molar-refractivity contribution in [3.05, 3.63) is 12.4 Å². The molecule has 0 aliphatic carbocycles. The highest BCUT2D eigenvalue weighted by Crippen LogP contribution is 2.16. The molecule has 0 spiro atoms. The number of carbonyl (C=O) groups excluding carboxylic acids is 2. The number of hydrogen-bond donors (Lipinski definition) is 2. The number of carbonyl (C=O) groups is 2. The van der Waals surface area contributed by atoms with E-state index in [1.807, 2.05) is 0 Å². The number of nitrogens with zero attached hydrogens (tertiary/aromatic N) is 2. The van der Waals surface area contributed by atoms with Gasteiger partial charge in [0, 0.05) is 19.2 Å². The Hall–Kier alpha value is -1.89. The maximum absolute atomic E-state index is 12.0. The van der Waals surface area contributed by atoms with Crippen molar-refractivity contribution in [1.82, 2.24) is 15.1 Å². The van der Waals surface area contributed by atoms with Crippen LogP contribution in [-0.4, -0.2) is 40.3 Å².